The first-order valence-corrected chi connectivity index (χ1v) is 6.60. The third-order valence-corrected chi connectivity index (χ3v) is 3.86. The van der Waals surface area contributed by atoms with Gasteiger partial charge in [-0.25, -0.2) is 0 Å². The maximum atomic E-state index is 11.7. The third kappa shape index (κ3) is 2.84. The van der Waals surface area contributed by atoms with E-state index in [1.54, 1.807) is 0 Å². The standard InChI is InChI=1S/C10H11NO6S/c1-7-10(17-7)6-16-18(14,15)9-4-2-8(3-5-9)11(12)13/h2-5,7,10H,6H2,1H3/t7-,10-/m0/s1. The molecule has 1 fully saturated rings. The molecular formula is C10H11NO6S. The summed E-state index contributed by atoms with van der Waals surface area (Å²) in [5.74, 6) is 0. The zero-order chi connectivity index (χ0) is 13.3. The van der Waals surface area contributed by atoms with Gasteiger partial charge < -0.3 is 4.74 Å². The molecule has 1 heterocycles. The third-order valence-electron chi connectivity index (χ3n) is 2.56. The number of epoxide rings is 1. The van der Waals surface area contributed by atoms with Gasteiger partial charge in [-0.05, 0) is 19.1 Å². The Labute approximate surface area is 104 Å². The van der Waals surface area contributed by atoms with Gasteiger partial charge in [0.05, 0.1) is 22.5 Å². The Hall–Kier alpha value is -1.51. The Kier molecular flexibility index (Phi) is 3.33. The molecule has 0 aromatic heterocycles. The van der Waals surface area contributed by atoms with Gasteiger partial charge in [0, 0.05) is 12.1 Å². The van der Waals surface area contributed by atoms with Crippen LogP contribution in [0.25, 0.3) is 0 Å². The Morgan fingerprint density at radius 1 is 1.39 bits per heavy atom. The van der Waals surface area contributed by atoms with Crippen LogP contribution in [0.2, 0.25) is 0 Å². The summed E-state index contributed by atoms with van der Waals surface area (Å²) in [5, 5.41) is 10.4. The highest BCUT2D eigenvalue weighted by molar-refractivity contribution is 7.86. The highest BCUT2D eigenvalue weighted by Gasteiger charge is 2.36. The zero-order valence-corrected chi connectivity index (χ0v) is 10.3. The van der Waals surface area contributed by atoms with Gasteiger partial charge in [-0.1, -0.05) is 0 Å². The number of non-ortho nitro benzene ring substituents is 1. The number of nitro groups is 1. The lowest BCUT2D eigenvalue weighted by Crippen LogP contribution is -2.11. The Balaban J connectivity index is 2.06. The topological polar surface area (TPSA) is 99.0 Å². The summed E-state index contributed by atoms with van der Waals surface area (Å²) in [4.78, 5) is 9.72. The van der Waals surface area contributed by atoms with Crippen molar-refractivity contribution in [1.82, 2.24) is 0 Å². The van der Waals surface area contributed by atoms with Gasteiger partial charge in [-0.2, -0.15) is 8.42 Å². The van der Waals surface area contributed by atoms with Gasteiger partial charge in [0.1, 0.15) is 6.10 Å². The largest absolute Gasteiger partial charge is 0.367 e. The molecule has 0 amide bonds. The second kappa shape index (κ2) is 4.63. The van der Waals surface area contributed by atoms with Crippen molar-refractivity contribution in [1.29, 1.82) is 0 Å². The maximum absolute atomic E-state index is 11.7. The first-order valence-electron chi connectivity index (χ1n) is 5.19. The molecule has 0 bridgehead atoms. The minimum absolute atomic E-state index is 0.0112. The minimum Gasteiger partial charge on any atom is -0.367 e. The molecule has 1 aromatic carbocycles. The van der Waals surface area contributed by atoms with Crippen LogP contribution in [0.15, 0.2) is 29.2 Å². The van der Waals surface area contributed by atoms with Crippen molar-refractivity contribution in [2.75, 3.05) is 6.61 Å². The molecule has 8 heteroatoms. The quantitative estimate of drug-likeness (QED) is 0.344. The van der Waals surface area contributed by atoms with Crippen LogP contribution in [0.1, 0.15) is 6.92 Å². The first-order chi connectivity index (χ1) is 8.40. The average Bonchev–Trinajstić information content (AvgIpc) is 3.03. The summed E-state index contributed by atoms with van der Waals surface area (Å²) in [6, 6.07) is 4.52. The van der Waals surface area contributed by atoms with Crippen molar-refractivity contribution in [3.8, 4) is 0 Å². The van der Waals surface area contributed by atoms with Gasteiger partial charge in [0.25, 0.3) is 15.8 Å². The number of ether oxygens (including phenoxy) is 1. The lowest BCUT2D eigenvalue weighted by atomic mass is 10.3. The van der Waals surface area contributed by atoms with E-state index in [0.29, 0.717) is 0 Å². The molecule has 0 spiro atoms. The fourth-order valence-corrected chi connectivity index (χ4v) is 2.28. The van der Waals surface area contributed by atoms with Crippen LogP contribution >= 0.6 is 0 Å². The maximum Gasteiger partial charge on any atom is 0.297 e. The Bertz CT molecular complexity index is 552. The molecule has 0 N–H and O–H groups in total. The summed E-state index contributed by atoms with van der Waals surface area (Å²) in [7, 11) is -3.88. The van der Waals surface area contributed by atoms with Gasteiger partial charge in [-0.15, -0.1) is 0 Å². The van der Waals surface area contributed by atoms with E-state index in [2.05, 4.69) is 0 Å². The minimum atomic E-state index is -3.88. The molecule has 1 aromatic rings. The van der Waals surface area contributed by atoms with E-state index in [4.69, 9.17) is 8.92 Å². The predicted molar refractivity (Wildman–Crippen MR) is 60.6 cm³/mol. The van der Waals surface area contributed by atoms with Crippen molar-refractivity contribution in [2.24, 2.45) is 0 Å². The molecule has 0 aliphatic carbocycles. The number of nitrogens with zero attached hydrogens (tertiary/aromatic N) is 1. The normalized spacial score (nSPS) is 22.7. The highest BCUT2D eigenvalue weighted by Crippen LogP contribution is 2.23. The molecule has 7 nitrogen and oxygen atoms in total. The summed E-state index contributed by atoms with van der Waals surface area (Å²) in [6.07, 6.45) is -0.185. The van der Waals surface area contributed by atoms with Gasteiger partial charge in [-0.3, -0.25) is 14.3 Å². The Morgan fingerprint density at radius 3 is 2.39 bits per heavy atom. The average molecular weight is 273 g/mol. The monoisotopic (exact) mass is 273 g/mol. The van der Waals surface area contributed by atoms with E-state index in [1.165, 1.54) is 0 Å². The molecule has 2 atom stereocenters. The van der Waals surface area contributed by atoms with E-state index < -0.39 is 15.0 Å². The molecule has 1 aliphatic heterocycles. The van der Waals surface area contributed by atoms with Crippen molar-refractivity contribution >= 4 is 15.8 Å². The van der Waals surface area contributed by atoms with E-state index in [9.17, 15) is 18.5 Å². The van der Waals surface area contributed by atoms with Crippen molar-refractivity contribution in [3.05, 3.63) is 34.4 Å². The number of hydrogen-bond donors (Lipinski definition) is 0. The van der Waals surface area contributed by atoms with E-state index in [0.717, 1.165) is 24.3 Å². The van der Waals surface area contributed by atoms with Crippen LogP contribution in [0.5, 0.6) is 0 Å². The molecule has 0 unspecified atom stereocenters. The number of benzene rings is 1. The predicted octanol–water partition coefficient (Wildman–Crippen LogP) is 1.09. The van der Waals surface area contributed by atoms with Gasteiger partial charge in [0.15, 0.2) is 0 Å². The van der Waals surface area contributed by atoms with Crippen molar-refractivity contribution in [2.45, 2.75) is 24.0 Å². The van der Waals surface area contributed by atoms with Crippen LogP contribution in [-0.4, -0.2) is 32.2 Å². The fraction of sp³-hybridized carbons (Fsp3) is 0.400. The van der Waals surface area contributed by atoms with Crippen LogP contribution < -0.4 is 0 Å². The molecule has 0 saturated carbocycles. The number of rotatable bonds is 5. The van der Waals surface area contributed by atoms with E-state index in [1.807, 2.05) is 6.92 Å². The smallest absolute Gasteiger partial charge is 0.297 e. The number of nitro benzene ring substituents is 1. The fourth-order valence-electron chi connectivity index (χ4n) is 1.36. The molecular weight excluding hydrogens is 262 g/mol. The van der Waals surface area contributed by atoms with Crippen molar-refractivity contribution < 1.29 is 22.3 Å². The van der Waals surface area contributed by atoms with Crippen LogP contribution in [-0.2, 0) is 19.0 Å². The van der Waals surface area contributed by atoms with Crippen LogP contribution in [0.4, 0.5) is 5.69 Å². The first kappa shape index (κ1) is 12.9. The molecule has 18 heavy (non-hydrogen) atoms. The Morgan fingerprint density at radius 2 is 1.94 bits per heavy atom. The molecule has 1 saturated heterocycles. The SMILES string of the molecule is C[C@@H]1O[C@H]1COS(=O)(=O)c1ccc([N+](=O)[O-])cc1. The molecule has 1 aliphatic rings. The van der Waals surface area contributed by atoms with E-state index in [-0.39, 0.29) is 29.4 Å². The molecule has 0 radical (unpaired) electrons. The summed E-state index contributed by atoms with van der Waals surface area (Å²) >= 11 is 0. The van der Waals surface area contributed by atoms with Gasteiger partial charge >= 0.3 is 0 Å². The lowest BCUT2D eigenvalue weighted by Gasteiger charge is -2.03. The second-order valence-electron chi connectivity index (χ2n) is 3.87. The molecule has 2 rings (SSSR count). The zero-order valence-electron chi connectivity index (χ0n) is 9.48. The lowest BCUT2D eigenvalue weighted by molar-refractivity contribution is -0.384. The summed E-state index contributed by atoms with van der Waals surface area (Å²) in [5.41, 5.74) is -0.173. The van der Waals surface area contributed by atoms with E-state index >= 15 is 0 Å². The van der Waals surface area contributed by atoms with Crippen molar-refractivity contribution in [3.63, 3.8) is 0 Å². The van der Waals surface area contributed by atoms with Crippen LogP contribution in [0.3, 0.4) is 0 Å². The van der Waals surface area contributed by atoms with Crippen LogP contribution in [0, 0.1) is 10.1 Å². The highest BCUT2D eigenvalue weighted by atomic mass is 32.2. The number of hydrogen-bond acceptors (Lipinski definition) is 6. The summed E-state index contributed by atoms with van der Waals surface area (Å²) in [6.45, 7) is 1.77. The van der Waals surface area contributed by atoms with Gasteiger partial charge in [0.2, 0.25) is 0 Å². The molecule has 98 valence electrons. The summed E-state index contributed by atoms with van der Waals surface area (Å²) < 4.78 is 33.2. The second-order valence-corrected chi connectivity index (χ2v) is 5.48.